The van der Waals surface area contributed by atoms with Gasteiger partial charge in [0.25, 0.3) is 0 Å². The number of unbranched alkanes of at least 4 members (excludes halogenated alkanes) is 11. The molecule has 0 amide bonds. The lowest BCUT2D eigenvalue weighted by atomic mass is 10.0. The first kappa shape index (κ1) is 44.3. The fourth-order valence-electron chi connectivity index (χ4n) is 4.58. The second kappa shape index (κ2) is 34.6. The van der Waals surface area contributed by atoms with Gasteiger partial charge in [-0.25, -0.2) is 0 Å². The molecule has 0 bridgehead atoms. The molecule has 0 aromatic carbocycles. The largest absolute Gasteiger partial charge is 0.463 e. The lowest BCUT2D eigenvalue weighted by Crippen LogP contribution is -2.25. The molecule has 0 rings (SSSR count). The Morgan fingerprint density at radius 3 is 1.55 bits per heavy atom. The van der Waals surface area contributed by atoms with Crippen molar-refractivity contribution in [2.24, 2.45) is 0 Å². The van der Waals surface area contributed by atoms with Gasteiger partial charge in [-0.3, -0.25) is 9.59 Å². The molecular formula is C40H66O7. The van der Waals surface area contributed by atoms with Crippen LogP contribution in [0.5, 0.6) is 0 Å². The summed E-state index contributed by atoms with van der Waals surface area (Å²) in [5.41, 5.74) is 0. The number of aliphatic hydroxyl groups is 3. The molecule has 0 aliphatic carbocycles. The maximum Gasteiger partial charge on any atom is 0.306 e. The Labute approximate surface area is 286 Å². The fraction of sp³-hybridized carbons (Fsp3) is 0.650. The number of hydrogen-bond donors (Lipinski definition) is 3. The summed E-state index contributed by atoms with van der Waals surface area (Å²) in [6.07, 6.45) is 38.8. The van der Waals surface area contributed by atoms with E-state index in [9.17, 15) is 24.9 Å². The van der Waals surface area contributed by atoms with Crippen LogP contribution in [-0.2, 0) is 19.1 Å². The average molecular weight is 659 g/mol. The Bertz CT molecular complexity index is 916. The third-order valence-corrected chi connectivity index (χ3v) is 7.39. The maximum absolute atomic E-state index is 11.9. The van der Waals surface area contributed by atoms with Gasteiger partial charge in [-0.2, -0.15) is 0 Å². The van der Waals surface area contributed by atoms with E-state index in [1.807, 2.05) is 48.6 Å². The van der Waals surface area contributed by atoms with Crippen LogP contribution in [0.1, 0.15) is 136 Å². The summed E-state index contributed by atoms with van der Waals surface area (Å²) in [4.78, 5) is 23.8. The van der Waals surface area contributed by atoms with Gasteiger partial charge in [-0.05, 0) is 38.5 Å². The molecule has 0 aliphatic rings. The van der Waals surface area contributed by atoms with Gasteiger partial charge in [-0.1, -0.05) is 157 Å². The Balaban J connectivity index is 3.75. The van der Waals surface area contributed by atoms with Crippen molar-refractivity contribution in [1.82, 2.24) is 0 Å². The Morgan fingerprint density at radius 1 is 0.553 bits per heavy atom. The second-order valence-electron chi connectivity index (χ2n) is 12.0. The first-order chi connectivity index (χ1) is 22.9. The molecule has 0 radical (unpaired) electrons. The number of allylic oxidation sites excluding steroid dienone is 8. The van der Waals surface area contributed by atoms with Gasteiger partial charge in [0.1, 0.15) is 19.3 Å². The highest BCUT2D eigenvalue weighted by atomic mass is 16.6. The number of ether oxygens (including phenoxy) is 2. The minimum atomic E-state index is -1.03. The molecule has 0 spiro atoms. The molecule has 0 unspecified atom stereocenters. The van der Waals surface area contributed by atoms with Crippen molar-refractivity contribution in [1.29, 1.82) is 0 Å². The summed E-state index contributed by atoms with van der Waals surface area (Å²) in [6.45, 7) is 3.94. The number of carbonyl (C=O) groups excluding carboxylic acids is 2. The number of aliphatic hydroxyl groups excluding tert-OH is 3. The van der Waals surface area contributed by atoms with E-state index < -0.39 is 24.3 Å². The van der Waals surface area contributed by atoms with Crippen molar-refractivity contribution in [3.8, 4) is 0 Å². The van der Waals surface area contributed by atoms with Crippen LogP contribution in [0.2, 0.25) is 0 Å². The molecule has 268 valence electrons. The third kappa shape index (κ3) is 34.4. The number of hydrogen-bond acceptors (Lipinski definition) is 7. The minimum absolute atomic E-state index is 0.169. The van der Waals surface area contributed by atoms with Crippen LogP contribution in [-0.4, -0.2) is 58.8 Å². The van der Waals surface area contributed by atoms with Crippen LogP contribution in [0, 0.1) is 0 Å². The zero-order valence-electron chi connectivity index (χ0n) is 29.5. The molecule has 3 atom stereocenters. The maximum atomic E-state index is 11.9. The van der Waals surface area contributed by atoms with Crippen LogP contribution in [0.3, 0.4) is 0 Å². The summed E-state index contributed by atoms with van der Waals surface area (Å²) >= 11 is 0. The summed E-state index contributed by atoms with van der Waals surface area (Å²) in [7, 11) is 0. The van der Waals surface area contributed by atoms with Crippen LogP contribution in [0.25, 0.3) is 0 Å². The molecule has 0 aromatic rings. The summed E-state index contributed by atoms with van der Waals surface area (Å²) in [5.74, 6) is -0.733. The van der Waals surface area contributed by atoms with Crippen molar-refractivity contribution < 1.29 is 34.4 Å². The zero-order valence-corrected chi connectivity index (χ0v) is 29.5. The highest BCUT2D eigenvalue weighted by Crippen LogP contribution is 2.13. The zero-order chi connectivity index (χ0) is 34.6. The van der Waals surface area contributed by atoms with E-state index in [0.29, 0.717) is 32.1 Å². The van der Waals surface area contributed by atoms with Crippen molar-refractivity contribution in [2.75, 3.05) is 13.2 Å². The van der Waals surface area contributed by atoms with Crippen molar-refractivity contribution in [3.05, 3.63) is 72.9 Å². The van der Waals surface area contributed by atoms with E-state index in [2.05, 4.69) is 13.8 Å². The van der Waals surface area contributed by atoms with Crippen LogP contribution in [0.4, 0.5) is 0 Å². The second-order valence-corrected chi connectivity index (χ2v) is 12.0. The average Bonchev–Trinajstić information content (AvgIpc) is 3.06. The lowest BCUT2D eigenvalue weighted by molar-refractivity contribution is -0.152. The van der Waals surface area contributed by atoms with Gasteiger partial charge in [0.15, 0.2) is 0 Å². The molecule has 7 nitrogen and oxygen atoms in total. The van der Waals surface area contributed by atoms with Gasteiger partial charge in [0.2, 0.25) is 0 Å². The molecule has 0 saturated heterocycles. The summed E-state index contributed by atoms with van der Waals surface area (Å²) in [5, 5.41) is 29.8. The third-order valence-electron chi connectivity index (χ3n) is 7.39. The number of esters is 2. The SMILES string of the molecule is CC/C=C\C[C@@H](O)/C=C/C=C\C=C\[C@@H](O)C/C=C\C/C=C\CCC(=O)OC[C@H](O)COC(=O)CCCCCCCCCCCCCC. The monoisotopic (exact) mass is 658 g/mol. The minimum Gasteiger partial charge on any atom is -0.463 e. The normalized spacial score (nSPS) is 14.4. The van der Waals surface area contributed by atoms with Gasteiger partial charge in [0, 0.05) is 12.8 Å². The van der Waals surface area contributed by atoms with E-state index in [0.717, 1.165) is 25.7 Å². The van der Waals surface area contributed by atoms with Gasteiger partial charge in [0.05, 0.1) is 12.2 Å². The summed E-state index contributed by atoms with van der Waals surface area (Å²) in [6, 6.07) is 0. The summed E-state index contributed by atoms with van der Waals surface area (Å²) < 4.78 is 10.2. The highest BCUT2D eigenvalue weighted by molar-refractivity contribution is 5.70. The van der Waals surface area contributed by atoms with Crippen LogP contribution >= 0.6 is 0 Å². The van der Waals surface area contributed by atoms with Crippen LogP contribution < -0.4 is 0 Å². The number of carbonyl (C=O) groups is 2. The standard InChI is InChI=1S/C40H66O7/c1-3-5-7-8-9-10-11-12-13-14-18-26-32-39(44)46-34-38(43)35-47-40(45)33-27-19-16-15-17-23-29-37(42)31-25-21-20-24-30-36(41)28-22-6-4-2/h6,16-17,19-25,30-31,36-38,41-43H,3-5,7-15,18,26-29,32-35H2,1-2H3/b19-16-,21-20-,22-6-,23-17-,30-24+,31-25+/t36-,37+,38-/m1/s1. The van der Waals surface area contributed by atoms with Crippen molar-refractivity contribution in [3.63, 3.8) is 0 Å². The van der Waals surface area contributed by atoms with E-state index >= 15 is 0 Å². The predicted octanol–water partition coefficient (Wildman–Crippen LogP) is 8.94. The topological polar surface area (TPSA) is 113 Å². The van der Waals surface area contributed by atoms with E-state index in [1.165, 1.54) is 57.8 Å². The molecule has 0 aliphatic heterocycles. The Hall–Kier alpha value is -2.74. The lowest BCUT2D eigenvalue weighted by Gasteiger charge is -2.12. The first-order valence-electron chi connectivity index (χ1n) is 18.2. The quantitative estimate of drug-likeness (QED) is 0.0295. The molecule has 0 saturated carbocycles. The van der Waals surface area contributed by atoms with Crippen LogP contribution in [0.15, 0.2) is 72.9 Å². The van der Waals surface area contributed by atoms with Gasteiger partial charge >= 0.3 is 11.9 Å². The molecule has 0 aromatic heterocycles. The Kier molecular flexibility index (Phi) is 32.6. The Morgan fingerprint density at radius 2 is 1.02 bits per heavy atom. The fourth-order valence-corrected chi connectivity index (χ4v) is 4.58. The van der Waals surface area contributed by atoms with Crippen molar-refractivity contribution in [2.45, 2.75) is 154 Å². The first-order valence-corrected chi connectivity index (χ1v) is 18.2. The molecule has 47 heavy (non-hydrogen) atoms. The molecule has 0 heterocycles. The smallest absolute Gasteiger partial charge is 0.306 e. The highest BCUT2D eigenvalue weighted by Gasteiger charge is 2.11. The van der Waals surface area contributed by atoms with Gasteiger partial charge < -0.3 is 24.8 Å². The van der Waals surface area contributed by atoms with E-state index in [4.69, 9.17) is 9.47 Å². The predicted molar refractivity (Wildman–Crippen MR) is 194 cm³/mol. The van der Waals surface area contributed by atoms with E-state index in [1.54, 1.807) is 24.3 Å². The van der Waals surface area contributed by atoms with Crippen molar-refractivity contribution >= 4 is 11.9 Å². The molecule has 3 N–H and O–H groups in total. The molecule has 7 heteroatoms. The van der Waals surface area contributed by atoms with Gasteiger partial charge in [-0.15, -0.1) is 0 Å². The van der Waals surface area contributed by atoms with E-state index in [-0.39, 0.29) is 25.6 Å². The molecular weight excluding hydrogens is 592 g/mol. The number of rotatable bonds is 31. The molecule has 0 fully saturated rings.